The van der Waals surface area contributed by atoms with Crippen LogP contribution < -0.4 is 10.2 Å². The van der Waals surface area contributed by atoms with E-state index in [-0.39, 0.29) is 12.1 Å². The van der Waals surface area contributed by atoms with Crippen molar-refractivity contribution in [1.29, 1.82) is 0 Å². The number of hydrogen-bond donors (Lipinski definition) is 1. The maximum atomic E-state index is 12.4. The van der Waals surface area contributed by atoms with Gasteiger partial charge in [-0.05, 0) is 45.4 Å². The van der Waals surface area contributed by atoms with Crippen LogP contribution in [-0.4, -0.2) is 47.8 Å². The molecule has 0 aliphatic carbocycles. The Hall–Kier alpha value is -1.76. The van der Waals surface area contributed by atoms with Crippen molar-refractivity contribution >= 4 is 33.7 Å². The number of hydrogen-bond acceptors (Lipinski definition) is 3. The third kappa shape index (κ3) is 3.50. The van der Waals surface area contributed by atoms with Crippen LogP contribution in [0.5, 0.6) is 0 Å². The first-order chi connectivity index (χ1) is 11.2. The Labute approximate surface area is 150 Å². The number of anilines is 1. The van der Waals surface area contributed by atoms with Crippen LogP contribution in [0.2, 0.25) is 0 Å². The fourth-order valence-corrected chi connectivity index (χ4v) is 3.53. The van der Waals surface area contributed by atoms with E-state index < -0.39 is 11.1 Å². The van der Waals surface area contributed by atoms with Gasteiger partial charge in [0.05, 0.1) is 12.1 Å². The summed E-state index contributed by atoms with van der Waals surface area (Å²) in [6, 6.07) is 7.52. The van der Waals surface area contributed by atoms with Crippen molar-refractivity contribution in [3.63, 3.8) is 0 Å². The molecule has 130 valence electrons. The Morgan fingerprint density at radius 3 is 2.75 bits per heavy atom. The van der Waals surface area contributed by atoms with E-state index in [0.717, 1.165) is 16.6 Å². The molecule has 3 rings (SSSR count). The fourth-order valence-electron chi connectivity index (χ4n) is 3.15. The van der Waals surface area contributed by atoms with E-state index in [1.165, 1.54) is 0 Å². The molecule has 3 amide bonds. The molecule has 0 bridgehead atoms. The Morgan fingerprint density at radius 1 is 1.33 bits per heavy atom. The number of carbonyl (C=O) groups excluding carboxylic acids is 2. The number of nitrogens with one attached hydrogen (secondary N) is 1. The summed E-state index contributed by atoms with van der Waals surface area (Å²) in [5.74, 6) is 0. The number of rotatable bonds is 1. The maximum Gasteiger partial charge on any atom is 0.410 e. The van der Waals surface area contributed by atoms with Gasteiger partial charge < -0.3 is 15.0 Å². The zero-order valence-corrected chi connectivity index (χ0v) is 15.7. The molecule has 0 aromatic heterocycles. The third-order valence-electron chi connectivity index (χ3n) is 4.20. The van der Waals surface area contributed by atoms with Crippen LogP contribution >= 0.6 is 15.9 Å². The molecule has 2 fully saturated rings. The highest BCUT2D eigenvalue weighted by Crippen LogP contribution is 2.32. The molecule has 6 nitrogen and oxygen atoms in total. The van der Waals surface area contributed by atoms with Crippen LogP contribution in [-0.2, 0) is 4.74 Å². The van der Waals surface area contributed by atoms with Crippen molar-refractivity contribution < 1.29 is 14.3 Å². The Morgan fingerprint density at radius 2 is 2.08 bits per heavy atom. The second kappa shape index (κ2) is 5.95. The molecule has 24 heavy (non-hydrogen) atoms. The Balaban J connectivity index is 1.70. The molecular weight excluding hydrogens is 374 g/mol. The van der Waals surface area contributed by atoms with Gasteiger partial charge in [-0.25, -0.2) is 9.59 Å². The lowest BCUT2D eigenvalue weighted by Crippen LogP contribution is -2.47. The van der Waals surface area contributed by atoms with Crippen LogP contribution in [0.4, 0.5) is 15.3 Å². The maximum absolute atomic E-state index is 12.4. The van der Waals surface area contributed by atoms with Crippen molar-refractivity contribution in [2.75, 3.05) is 24.5 Å². The summed E-state index contributed by atoms with van der Waals surface area (Å²) in [6.07, 6.45) is 0.400. The van der Waals surface area contributed by atoms with E-state index in [9.17, 15) is 9.59 Å². The van der Waals surface area contributed by atoms with Gasteiger partial charge in [-0.2, -0.15) is 0 Å². The quantitative estimate of drug-likeness (QED) is 0.792. The minimum absolute atomic E-state index is 0.126. The molecule has 2 aliphatic heterocycles. The molecule has 0 saturated carbocycles. The van der Waals surface area contributed by atoms with Crippen LogP contribution in [0.3, 0.4) is 0 Å². The summed E-state index contributed by atoms with van der Waals surface area (Å²) in [4.78, 5) is 28.1. The molecule has 1 aromatic carbocycles. The van der Waals surface area contributed by atoms with E-state index in [2.05, 4.69) is 21.2 Å². The van der Waals surface area contributed by atoms with E-state index in [1.54, 1.807) is 9.80 Å². The van der Waals surface area contributed by atoms with Crippen LogP contribution in [0, 0.1) is 0 Å². The molecule has 2 heterocycles. The van der Waals surface area contributed by atoms with Crippen molar-refractivity contribution in [1.82, 2.24) is 10.2 Å². The van der Waals surface area contributed by atoms with Gasteiger partial charge >= 0.3 is 12.1 Å². The van der Waals surface area contributed by atoms with Gasteiger partial charge in [0.25, 0.3) is 0 Å². The standard InChI is InChI=1S/C17H22BrN3O3/c1-16(2,3)24-15(23)20-8-7-17(10-20)11-21(14(22)19-17)13-6-4-5-12(18)9-13/h4-6,9H,7-8,10-11H2,1-3H3,(H,19,22). The van der Waals surface area contributed by atoms with Gasteiger partial charge in [-0.1, -0.05) is 22.0 Å². The third-order valence-corrected chi connectivity index (χ3v) is 4.70. The number of benzene rings is 1. The first-order valence-corrected chi connectivity index (χ1v) is 8.80. The minimum Gasteiger partial charge on any atom is -0.444 e. The predicted molar refractivity (Wildman–Crippen MR) is 95.2 cm³/mol. The largest absolute Gasteiger partial charge is 0.444 e. The highest BCUT2D eigenvalue weighted by Gasteiger charge is 2.49. The minimum atomic E-state index is -0.520. The zero-order chi connectivity index (χ0) is 17.5. The van der Waals surface area contributed by atoms with Crippen molar-refractivity contribution in [3.8, 4) is 0 Å². The number of urea groups is 1. The number of amides is 3. The van der Waals surface area contributed by atoms with Gasteiger partial charge in [-0.3, -0.25) is 4.90 Å². The highest BCUT2D eigenvalue weighted by atomic mass is 79.9. The second-order valence-electron chi connectivity index (χ2n) is 7.43. The molecule has 2 aliphatic rings. The first kappa shape index (κ1) is 17.1. The molecular formula is C17H22BrN3O3. The number of carbonyl (C=O) groups is 2. The molecule has 0 radical (unpaired) electrons. The van der Waals surface area contributed by atoms with Gasteiger partial charge in [0, 0.05) is 23.2 Å². The smallest absolute Gasteiger partial charge is 0.410 e. The SMILES string of the molecule is CC(C)(C)OC(=O)N1CCC2(C1)CN(c1cccc(Br)c1)C(=O)N2. The molecule has 2 saturated heterocycles. The number of halogens is 1. The van der Waals surface area contributed by atoms with Crippen molar-refractivity contribution in [3.05, 3.63) is 28.7 Å². The van der Waals surface area contributed by atoms with Gasteiger partial charge in [0.2, 0.25) is 0 Å². The molecule has 1 atom stereocenters. The average molecular weight is 396 g/mol. The summed E-state index contributed by atoms with van der Waals surface area (Å²) >= 11 is 3.43. The molecule has 1 N–H and O–H groups in total. The lowest BCUT2D eigenvalue weighted by atomic mass is 10.00. The highest BCUT2D eigenvalue weighted by molar-refractivity contribution is 9.10. The normalized spacial score (nSPS) is 23.8. The van der Waals surface area contributed by atoms with Crippen molar-refractivity contribution in [2.45, 2.75) is 38.3 Å². The van der Waals surface area contributed by atoms with E-state index in [1.807, 2.05) is 45.0 Å². The van der Waals surface area contributed by atoms with Gasteiger partial charge in [0.1, 0.15) is 5.60 Å². The summed E-state index contributed by atoms with van der Waals surface area (Å²) < 4.78 is 6.36. The average Bonchev–Trinajstić information content (AvgIpc) is 3.01. The van der Waals surface area contributed by atoms with Crippen LogP contribution in [0.25, 0.3) is 0 Å². The summed E-state index contributed by atoms with van der Waals surface area (Å²) in [6.45, 7) is 7.15. The first-order valence-electron chi connectivity index (χ1n) is 8.01. The van der Waals surface area contributed by atoms with Crippen molar-refractivity contribution in [2.24, 2.45) is 0 Å². The summed E-state index contributed by atoms with van der Waals surface area (Å²) in [7, 11) is 0. The zero-order valence-electron chi connectivity index (χ0n) is 14.1. The lowest BCUT2D eigenvalue weighted by molar-refractivity contribution is 0.0284. The van der Waals surface area contributed by atoms with Gasteiger partial charge in [0.15, 0.2) is 0 Å². The molecule has 7 heteroatoms. The Kier molecular flexibility index (Phi) is 4.23. The number of ether oxygens (including phenoxy) is 1. The predicted octanol–water partition coefficient (Wildman–Crippen LogP) is 3.36. The van der Waals surface area contributed by atoms with E-state index in [0.29, 0.717) is 19.6 Å². The topological polar surface area (TPSA) is 61.9 Å². The summed E-state index contributed by atoms with van der Waals surface area (Å²) in [5.41, 5.74) is -0.0841. The lowest BCUT2D eigenvalue weighted by Gasteiger charge is -2.26. The van der Waals surface area contributed by atoms with E-state index >= 15 is 0 Å². The van der Waals surface area contributed by atoms with Gasteiger partial charge in [-0.15, -0.1) is 0 Å². The molecule has 1 aromatic rings. The second-order valence-corrected chi connectivity index (χ2v) is 8.34. The fraction of sp³-hybridized carbons (Fsp3) is 0.529. The summed E-state index contributed by atoms with van der Waals surface area (Å²) in [5, 5.41) is 3.07. The molecule has 1 spiro atoms. The number of nitrogens with zero attached hydrogens (tertiary/aromatic N) is 2. The van der Waals surface area contributed by atoms with E-state index in [4.69, 9.17) is 4.74 Å². The van der Waals surface area contributed by atoms with Crippen LogP contribution in [0.1, 0.15) is 27.2 Å². The number of likely N-dealkylation sites (tertiary alicyclic amines) is 1. The molecule has 1 unspecified atom stereocenters. The monoisotopic (exact) mass is 395 g/mol. The van der Waals surface area contributed by atoms with Crippen LogP contribution in [0.15, 0.2) is 28.7 Å². The Bertz CT molecular complexity index is 673.